The van der Waals surface area contributed by atoms with Crippen LogP contribution in [0.25, 0.3) is 0 Å². The minimum absolute atomic E-state index is 0.0144. The van der Waals surface area contributed by atoms with Gasteiger partial charge in [-0.3, -0.25) is 9.59 Å². The molecule has 1 heterocycles. The van der Waals surface area contributed by atoms with Crippen LogP contribution in [0.2, 0.25) is 0 Å². The molecule has 1 saturated heterocycles. The number of hydrogen-bond acceptors (Lipinski definition) is 5. The molecule has 9 heteroatoms. The van der Waals surface area contributed by atoms with E-state index in [1.54, 1.807) is 13.8 Å². The van der Waals surface area contributed by atoms with Crippen molar-refractivity contribution >= 4 is 17.9 Å². The average Bonchev–Trinajstić information content (AvgIpc) is 2.91. The first-order valence-electron chi connectivity index (χ1n) is 15.8. The van der Waals surface area contributed by atoms with Crippen LogP contribution in [0.4, 0.5) is 4.79 Å². The van der Waals surface area contributed by atoms with Crippen molar-refractivity contribution in [3.05, 3.63) is 0 Å². The zero-order valence-electron chi connectivity index (χ0n) is 25.6. The van der Waals surface area contributed by atoms with E-state index < -0.39 is 29.2 Å². The maximum atomic E-state index is 13.7. The van der Waals surface area contributed by atoms with Crippen LogP contribution in [0.3, 0.4) is 0 Å². The number of carbonyl (C=O) groups is 3. The molecular formula is C31H55N3O6. The lowest BCUT2D eigenvalue weighted by atomic mass is 9.75. The van der Waals surface area contributed by atoms with E-state index in [0.717, 1.165) is 77.0 Å². The van der Waals surface area contributed by atoms with E-state index in [9.17, 15) is 19.5 Å². The smallest absolute Gasteiger partial charge is 0.317 e. The van der Waals surface area contributed by atoms with E-state index in [2.05, 4.69) is 17.6 Å². The molecular weight excluding hydrogens is 510 g/mol. The van der Waals surface area contributed by atoms with Gasteiger partial charge in [-0.15, -0.1) is 0 Å². The molecule has 0 bridgehead atoms. The maximum Gasteiger partial charge on any atom is 0.317 e. The molecule has 2 saturated carbocycles. The van der Waals surface area contributed by atoms with Gasteiger partial charge in [-0.05, 0) is 51.9 Å². The summed E-state index contributed by atoms with van der Waals surface area (Å²) in [7, 11) is 0. The molecule has 230 valence electrons. The first kappa shape index (κ1) is 32.6. The number of carboxylic acids is 1. The SMILES string of the molecule is CCCCCCN(C(=O)NC1CCCCC1)C1CCCCC1C(CNC(=O)C1OC(C)(C)OCC1(C)C)C(=O)O. The van der Waals surface area contributed by atoms with E-state index in [0.29, 0.717) is 13.2 Å². The summed E-state index contributed by atoms with van der Waals surface area (Å²) in [5.74, 6) is -3.14. The third-order valence-electron chi connectivity index (χ3n) is 9.10. The highest BCUT2D eigenvalue weighted by atomic mass is 16.7. The van der Waals surface area contributed by atoms with Crippen molar-refractivity contribution in [1.29, 1.82) is 0 Å². The van der Waals surface area contributed by atoms with Crippen LogP contribution in [0.15, 0.2) is 0 Å². The summed E-state index contributed by atoms with van der Waals surface area (Å²) in [4.78, 5) is 41.6. The van der Waals surface area contributed by atoms with Gasteiger partial charge in [0.1, 0.15) is 6.10 Å². The first-order valence-corrected chi connectivity index (χ1v) is 15.8. The molecule has 0 aromatic carbocycles. The van der Waals surface area contributed by atoms with Crippen molar-refractivity contribution in [3.8, 4) is 0 Å². The molecule has 0 aromatic heterocycles. The molecule has 3 N–H and O–H groups in total. The second-order valence-corrected chi connectivity index (χ2v) is 13.4. The number of rotatable bonds is 12. The quantitative estimate of drug-likeness (QED) is 0.270. The molecule has 9 nitrogen and oxygen atoms in total. The molecule has 3 amide bonds. The van der Waals surface area contributed by atoms with Crippen molar-refractivity contribution < 1.29 is 29.0 Å². The Balaban J connectivity index is 1.74. The Hall–Kier alpha value is -1.87. The summed E-state index contributed by atoms with van der Waals surface area (Å²) >= 11 is 0. The molecule has 40 heavy (non-hydrogen) atoms. The number of nitrogens with one attached hydrogen (secondary N) is 2. The summed E-state index contributed by atoms with van der Waals surface area (Å²) in [5.41, 5.74) is -0.543. The fraction of sp³-hybridized carbons (Fsp3) is 0.903. The maximum absolute atomic E-state index is 13.7. The van der Waals surface area contributed by atoms with Gasteiger partial charge >= 0.3 is 12.0 Å². The highest BCUT2D eigenvalue weighted by Crippen LogP contribution is 2.37. The number of amides is 3. The highest BCUT2D eigenvalue weighted by molar-refractivity contribution is 5.82. The topological polar surface area (TPSA) is 117 Å². The highest BCUT2D eigenvalue weighted by Gasteiger charge is 2.47. The molecule has 2 aliphatic carbocycles. The van der Waals surface area contributed by atoms with Crippen LogP contribution in [0.1, 0.15) is 118 Å². The Morgan fingerprint density at radius 2 is 1.62 bits per heavy atom. The molecule has 4 unspecified atom stereocenters. The van der Waals surface area contributed by atoms with Gasteiger partial charge in [0, 0.05) is 30.6 Å². The van der Waals surface area contributed by atoms with Gasteiger partial charge in [-0.2, -0.15) is 0 Å². The van der Waals surface area contributed by atoms with Crippen LogP contribution in [-0.2, 0) is 19.1 Å². The van der Waals surface area contributed by atoms with Crippen molar-refractivity contribution in [2.24, 2.45) is 17.3 Å². The number of nitrogens with zero attached hydrogens (tertiary/aromatic N) is 1. The Morgan fingerprint density at radius 1 is 0.950 bits per heavy atom. The van der Waals surface area contributed by atoms with Crippen molar-refractivity contribution in [3.63, 3.8) is 0 Å². The number of ether oxygens (including phenoxy) is 2. The Morgan fingerprint density at radius 3 is 2.30 bits per heavy atom. The van der Waals surface area contributed by atoms with E-state index in [4.69, 9.17) is 9.47 Å². The van der Waals surface area contributed by atoms with E-state index in [1.165, 1.54) is 6.42 Å². The van der Waals surface area contributed by atoms with Gasteiger partial charge in [0.05, 0.1) is 12.5 Å². The van der Waals surface area contributed by atoms with Gasteiger partial charge in [-0.25, -0.2) is 4.79 Å². The third-order valence-corrected chi connectivity index (χ3v) is 9.10. The number of unbranched alkanes of at least 4 members (excludes halogenated alkanes) is 3. The largest absolute Gasteiger partial charge is 0.481 e. The normalized spacial score (nSPS) is 27.4. The van der Waals surface area contributed by atoms with Crippen LogP contribution in [-0.4, -0.2) is 71.6 Å². The van der Waals surface area contributed by atoms with E-state index >= 15 is 0 Å². The third kappa shape index (κ3) is 9.07. The first-order chi connectivity index (χ1) is 18.9. The fourth-order valence-electron chi connectivity index (χ4n) is 6.67. The van der Waals surface area contributed by atoms with Gasteiger partial charge < -0.3 is 30.1 Å². The zero-order valence-corrected chi connectivity index (χ0v) is 25.6. The number of carbonyl (C=O) groups excluding carboxylic acids is 2. The molecule has 0 aromatic rings. The minimum atomic E-state index is -0.927. The standard InChI is InChI=1S/C31H55N3O6/c1-6-7-8-14-19-34(29(38)33-22-15-10-9-11-16-22)25-18-13-12-17-23(25)24(28(36)37)20-32-27(35)26-30(2,3)21-39-31(4,5)40-26/h22-26H,6-21H2,1-5H3,(H,32,35)(H,33,38)(H,36,37). The lowest BCUT2D eigenvalue weighted by molar-refractivity contribution is -0.304. The monoisotopic (exact) mass is 565 g/mol. The summed E-state index contributed by atoms with van der Waals surface area (Å²) in [6.45, 7) is 10.6. The molecule has 3 rings (SSSR count). The number of aliphatic carboxylic acids is 1. The predicted molar refractivity (Wildman–Crippen MR) is 155 cm³/mol. The second kappa shape index (κ2) is 14.9. The van der Waals surface area contributed by atoms with Gasteiger partial charge in [0.2, 0.25) is 5.91 Å². The molecule has 0 spiro atoms. The van der Waals surface area contributed by atoms with Crippen molar-refractivity contribution in [1.82, 2.24) is 15.5 Å². The molecule has 3 fully saturated rings. The molecule has 1 aliphatic heterocycles. The van der Waals surface area contributed by atoms with Crippen LogP contribution < -0.4 is 10.6 Å². The second-order valence-electron chi connectivity index (χ2n) is 13.4. The molecule has 4 atom stereocenters. The van der Waals surface area contributed by atoms with E-state index in [1.807, 2.05) is 18.7 Å². The van der Waals surface area contributed by atoms with Gasteiger partial charge in [-0.1, -0.05) is 72.1 Å². The summed E-state index contributed by atoms with van der Waals surface area (Å²) in [5, 5.41) is 16.6. The Bertz CT molecular complexity index is 841. The van der Waals surface area contributed by atoms with Crippen LogP contribution >= 0.6 is 0 Å². The number of urea groups is 1. The van der Waals surface area contributed by atoms with Gasteiger partial charge in [0.25, 0.3) is 0 Å². The average molecular weight is 566 g/mol. The van der Waals surface area contributed by atoms with Crippen LogP contribution in [0.5, 0.6) is 0 Å². The molecule has 3 aliphatic rings. The van der Waals surface area contributed by atoms with Crippen LogP contribution in [0, 0.1) is 17.3 Å². The number of carboxylic acid groups (broad SMARTS) is 1. The van der Waals surface area contributed by atoms with E-state index in [-0.39, 0.29) is 36.5 Å². The lowest BCUT2D eigenvalue weighted by Crippen LogP contribution is -2.58. The lowest BCUT2D eigenvalue weighted by Gasteiger charge is -2.45. The summed E-state index contributed by atoms with van der Waals surface area (Å²) in [6, 6.07) is -0.0113. The van der Waals surface area contributed by atoms with Crippen molar-refractivity contribution in [2.75, 3.05) is 19.7 Å². The van der Waals surface area contributed by atoms with Gasteiger partial charge in [0.15, 0.2) is 5.79 Å². The summed E-state index contributed by atoms with van der Waals surface area (Å²) < 4.78 is 11.7. The Labute approximate surface area is 241 Å². The van der Waals surface area contributed by atoms with Crippen molar-refractivity contribution in [2.45, 2.75) is 142 Å². The number of hydrogen-bond donors (Lipinski definition) is 3. The fourth-order valence-corrected chi connectivity index (χ4v) is 6.67. The zero-order chi connectivity index (χ0) is 29.3. The predicted octanol–water partition coefficient (Wildman–Crippen LogP) is 5.46. The molecule has 0 radical (unpaired) electrons. The summed E-state index contributed by atoms with van der Waals surface area (Å²) in [6.07, 6.45) is 12.4. The minimum Gasteiger partial charge on any atom is -0.481 e. The Kier molecular flexibility index (Phi) is 12.1.